The van der Waals surface area contributed by atoms with E-state index >= 15 is 0 Å². The van der Waals surface area contributed by atoms with E-state index < -0.39 is 11.9 Å². The third-order valence-electron chi connectivity index (χ3n) is 4.41. The number of carboxylic acids is 2. The predicted octanol–water partition coefficient (Wildman–Crippen LogP) is 3.47. The van der Waals surface area contributed by atoms with Gasteiger partial charge < -0.3 is 25.0 Å². The molecule has 1 aliphatic rings. The van der Waals surface area contributed by atoms with Gasteiger partial charge in [-0.05, 0) is 35.9 Å². The Hall–Kier alpha value is -2.52. The molecule has 8 nitrogen and oxygen atoms in total. The molecule has 1 fully saturated rings. The first-order valence-corrected chi connectivity index (χ1v) is 10.2. The number of nitrogens with zero attached hydrogens (tertiary/aromatic N) is 1. The normalized spacial score (nSPS) is 16.0. The van der Waals surface area contributed by atoms with Gasteiger partial charge in [-0.2, -0.15) is 0 Å². The van der Waals surface area contributed by atoms with E-state index in [1.54, 1.807) is 7.11 Å². The number of rotatable bonds is 6. The molecule has 1 heterocycles. The Kier molecular flexibility index (Phi) is 9.87. The van der Waals surface area contributed by atoms with E-state index in [1.165, 1.54) is 5.56 Å². The molecule has 0 aromatic heterocycles. The van der Waals surface area contributed by atoms with Crippen molar-refractivity contribution in [2.75, 3.05) is 38.7 Å². The fraction of sp³-hybridized carbons (Fsp3) is 0.333. The summed E-state index contributed by atoms with van der Waals surface area (Å²) >= 11 is 12.0. The van der Waals surface area contributed by atoms with E-state index in [2.05, 4.69) is 22.3 Å². The first-order valence-electron chi connectivity index (χ1n) is 9.40. The summed E-state index contributed by atoms with van der Waals surface area (Å²) in [6.45, 7) is 4.13. The van der Waals surface area contributed by atoms with Crippen molar-refractivity contribution in [1.29, 1.82) is 0 Å². The van der Waals surface area contributed by atoms with Crippen molar-refractivity contribution in [3.63, 3.8) is 0 Å². The van der Waals surface area contributed by atoms with E-state index in [0.29, 0.717) is 11.6 Å². The van der Waals surface area contributed by atoms with Crippen LogP contribution in [0.15, 0.2) is 42.5 Å². The maximum absolute atomic E-state index is 9.10. The molecule has 1 aliphatic heterocycles. The van der Waals surface area contributed by atoms with Gasteiger partial charge in [0.1, 0.15) is 5.75 Å². The Morgan fingerprint density at radius 1 is 1.13 bits per heavy atom. The lowest BCUT2D eigenvalue weighted by Crippen LogP contribution is -2.44. The molecule has 3 rings (SSSR count). The number of aliphatic carboxylic acids is 2. The molecule has 0 saturated carbocycles. The molecule has 0 radical (unpaired) electrons. The monoisotopic (exact) mass is 470 g/mol. The van der Waals surface area contributed by atoms with Gasteiger partial charge in [-0.25, -0.2) is 9.59 Å². The van der Waals surface area contributed by atoms with Crippen LogP contribution < -0.4 is 10.1 Å². The van der Waals surface area contributed by atoms with Crippen molar-refractivity contribution < 1.29 is 29.3 Å². The van der Waals surface area contributed by atoms with E-state index in [4.69, 9.17) is 52.5 Å². The standard InChI is InChI=1S/C19H22Cl2N2O2.C2H2O4/c1-24-19-7-6-16(21)10-18(19)22-11-17-13-23(8-9-25-17)12-14-2-4-15(20)5-3-14;3-1(4)2(5)6/h2-7,10,17,22H,8-9,11-13H2,1H3;(H,3,4)(H,5,6). The van der Waals surface area contributed by atoms with Crippen LogP contribution in [0.4, 0.5) is 5.69 Å². The molecular formula is C21H24Cl2N2O6. The molecule has 1 atom stereocenters. The second-order valence-corrected chi connectivity index (χ2v) is 7.56. The van der Waals surface area contributed by atoms with Crippen molar-refractivity contribution in [2.45, 2.75) is 12.6 Å². The highest BCUT2D eigenvalue weighted by Gasteiger charge is 2.21. The maximum Gasteiger partial charge on any atom is 0.414 e. The largest absolute Gasteiger partial charge is 0.495 e. The van der Waals surface area contributed by atoms with Crippen molar-refractivity contribution >= 4 is 40.8 Å². The molecule has 3 N–H and O–H groups in total. The number of benzene rings is 2. The van der Waals surface area contributed by atoms with E-state index in [0.717, 1.165) is 42.7 Å². The Morgan fingerprint density at radius 2 is 1.77 bits per heavy atom. The Labute approximate surface area is 190 Å². The SMILES string of the molecule is COc1ccc(Cl)cc1NCC1CN(Cc2ccc(Cl)cc2)CCO1.O=C(O)C(=O)O. The van der Waals surface area contributed by atoms with E-state index in [1.807, 2.05) is 30.3 Å². The van der Waals surface area contributed by atoms with Crippen LogP contribution in [0.25, 0.3) is 0 Å². The number of carbonyl (C=O) groups is 2. The fourth-order valence-electron chi connectivity index (χ4n) is 2.94. The fourth-order valence-corrected chi connectivity index (χ4v) is 3.24. The first-order chi connectivity index (χ1) is 14.8. The van der Waals surface area contributed by atoms with Crippen LogP contribution in [-0.2, 0) is 20.9 Å². The lowest BCUT2D eigenvalue weighted by Gasteiger charge is -2.33. The van der Waals surface area contributed by atoms with Gasteiger partial charge in [0, 0.05) is 36.2 Å². The van der Waals surface area contributed by atoms with Crippen LogP contribution in [0.2, 0.25) is 10.0 Å². The molecule has 0 aliphatic carbocycles. The molecule has 10 heteroatoms. The number of hydrogen-bond acceptors (Lipinski definition) is 6. The van der Waals surface area contributed by atoms with Gasteiger partial charge in [-0.1, -0.05) is 35.3 Å². The molecule has 1 saturated heterocycles. The van der Waals surface area contributed by atoms with E-state index in [-0.39, 0.29) is 6.10 Å². The van der Waals surface area contributed by atoms with Crippen molar-refractivity contribution in [3.8, 4) is 5.75 Å². The number of morpholine rings is 1. The van der Waals surface area contributed by atoms with E-state index in [9.17, 15) is 0 Å². The Balaban J connectivity index is 0.000000501. The third-order valence-corrected chi connectivity index (χ3v) is 4.89. The van der Waals surface area contributed by atoms with Crippen LogP contribution in [0.5, 0.6) is 5.75 Å². The predicted molar refractivity (Wildman–Crippen MR) is 118 cm³/mol. The lowest BCUT2D eigenvalue weighted by molar-refractivity contribution is -0.159. The van der Waals surface area contributed by atoms with Gasteiger partial charge in [-0.15, -0.1) is 0 Å². The second-order valence-electron chi connectivity index (χ2n) is 6.69. The molecule has 0 bridgehead atoms. The smallest absolute Gasteiger partial charge is 0.414 e. The summed E-state index contributed by atoms with van der Waals surface area (Å²) in [7, 11) is 1.65. The summed E-state index contributed by atoms with van der Waals surface area (Å²) in [4.78, 5) is 20.6. The summed E-state index contributed by atoms with van der Waals surface area (Å²) in [5, 5.41) is 19.6. The Bertz CT molecular complexity index is 867. The van der Waals surface area contributed by atoms with Crippen LogP contribution in [0.3, 0.4) is 0 Å². The Morgan fingerprint density at radius 3 is 2.39 bits per heavy atom. The van der Waals surface area contributed by atoms with Crippen LogP contribution in [0.1, 0.15) is 5.56 Å². The highest BCUT2D eigenvalue weighted by atomic mass is 35.5. The van der Waals surface area contributed by atoms with Crippen molar-refractivity contribution in [2.24, 2.45) is 0 Å². The summed E-state index contributed by atoms with van der Waals surface area (Å²) in [5.74, 6) is -2.87. The van der Waals surface area contributed by atoms with Crippen LogP contribution >= 0.6 is 23.2 Å². The maximum atomic E-state index is 9.10. The average molecular weight is 471 g/mol. The highest BCUT2D eigenvalue weighted by Crippen LogP contribution is 2.27. The van der Waals surface area contributed by atoms with Crippen LogP contribution in [0, 0.1) is 0 Å². The molecule has 2 aromatic carbocycles. The minimum atomic E-state index is -1.82. The van der Waals surface area contributed by atoms with Crippen LogP contribution in [-0.4, -0.2) is 66.5 Å². The molecule has 1 unspecified atom stereocenters. The average Bonchev–Trinajstić information content (AvgIpc) is 2.75. The molecule has 168 valence electrons. The van der Waals surface area contributed by atoms with Gasteiger partial charge in [0.05, 0.1) is 25.5 Å². The first kappa shape index (κ1) is 24.7. The minimum absolute atomic E-state index is 0.115. The van der Waals surface area contributed by atoms with Gasteiger partial charge in [0.15, 0.2) is 0 Å². The summed E-state index contributed by atoms with van der Waals surface area (Å²) in [6.07, 6.45) is 0.115. The number of ether oxygens (including phenoxy) is 2. The highest BCUT2D eigenvalue weighted by molar-refractivity contribution is 6.31. The molecular weight excluding hydrogens is 447 g/mol. The van der Waals surface area contributed by atoms with Gasteiger partial charge in [0.25, 0.3) is 0 Å². The zero-order valence-electron chi connectivity index (χ0n) is 16.9. The summed E-state index contributed by atoms with van der Waals surface area (Å²) in [5.41, 5.74) is 2.14. The minimum Gasteiger partial charge on any atom is -0.495 e. The number of nitrogens with one attached hydrogen (secondary N) is 1. The zero-order chi connectivity index (χ0) is 22.8. The number of hydrogen-bond donors (Lipinski definition) is 3. The molecule has 0 spiro atoms. The molecule has 0 amide bonds. The quantitative estimate of drug-likeness (QED) is 0.550. The zero-order valence-corrected chi connectivity index (χ0v) is 18.4. The number of methoxy groups -OCH3 is 1. The van der Waals surface area contributed by atoms with Crippen molar-refractivity contribution in [1.82, 2.24) is 4.90 Å². The topological polar surface area (TPSA) is 108 Å². The number of carboxylic acid groups (broad SMARTS) is 2. The van der Waals surface area contributed by atoms with Gasteiger partial charge in [0.2, 0.25) is 0 Å². The summed E-state index contributed by atoms with van der Waals surface area (Å²) < 4.78 is 11.3. The second kappa shape index (κ2) is 12.4. The summed E-state index contributed by atoms with van der Waals surface area (Å²) in [6, 6.07) is 13.6. The number of anilines is 1. The molecule has 31 heavy (non-hydrogen) atoms. The third kappa shape index (κ3) is 8.63. The number of halogens is 2. The lowest BCUT2D eigenvalue weighted by atomic mass is 10.2. The van der Waals surface area contributed by atoms with Crippen molar-refractivity contribution in [3.05, 3.63) is 58.1 Å². The van der Waals surface area contributed by atoms with Gasteiger partial charge in [-0.3, -0.25) is 4.90 Å². The van der Waals surface area contributed by atoms with Gasteiger partial charge >= 0.3 is 11.9 Å². The molecule has 2 aromatic rings.